The third kappa shape index (κ3) is 3.79. The third-order valence-corrected chi connectivity index (χ3v) is 4.15. The number of nitrogens with zero attached hydrogens (tertiary/aromatic N) is 2. The number of rotatable bonds is 5. The van der Waals surface area contributed by atoms with Crippen LogP contribution in [0, 0.1) is 0 Å². The van der Waals surface area contributed by atoms with Crippen molar-refractivity contribution in [3.8, 4) is 17.2 Å². The molecule has 1 heterocycles. The maximum atomic E-state index is 5.75. The van der Waals surface area contributed by atoms with Crippen LogP contribution in [-0.2, 0) is 6.61 Å². The maximum Gasteiger partial charge on any atom is 0.254 e. The molecular formula is C18H17BrN2O2. The minimum Gasteiger partial charge on any atom is -0.484 e. The molecule has 118 valence electrons. The lowest BCUT2D eigenvalue weighted by Crippen LogP contribution is -1.97. The zero-order valence-corrected chi connectivity index (χ0v) is 14.6. The van der Waals surface area contributed by atoms with E-state index in [1.54, 1.807) is 0 Å². The number of hydrogen-bond acceptors (Lipinski definition) is 4. The summed E-state index contributed by atoms with van der Waals surface area (Å²) >= 11 is 3.48. The van der Waals surface area contributed by atoms with Crippen LogP contribution < -0.4 is 4.74 Å². The Labute approximate surface area is 143 Å². The second kappa shape index (κ2) is 6.96. The van der Waals surface area contributed by atoms with Crippen LogP contribution in [-0.4, -0.2) is 10.2 Å². The first kappa shape index (κ1) is 15.7. The van der Waals surface area contributed by atoms with Gasteiger partial charge in [-0.1, -0.05) is 38.1 Å². The maximum absolute atomic E-state index is 5.75. The van der Waals surface area contributed by atoms with Gasteiger partial charge >= 0.3 is 0 Å². The van der Waals surface area contributed by atoms with Crippen LogP contribution in [0.2, 0.25) is 0 Å². The van der Waals surface area contributed by atoms with Gasteiger partial charge in [-0.3, -0.25) is 0 Å². The molecule has 23 heavy (non-hydrogen) atoms. The lowest BCUT2D eigenvalue weighted by molar-refractivity contribution is 0.264. The summed E-state index contributed by atoms with van der Waals surface area (Å²) in [5.74, 6) is 2.19. The molecule has 0 atom stereocenters. The van der Waals surface area contributed by atoms with Crippen molar-refractivity contribution in [3.63, 3.8) is 0 Å². The van der Waals surface area contributed by atoms with Gasteiger partial charge < -0.3 is 9.15 Å². The molecule has 3 rings (SSSR count). The van der Waals surface area contributed by atoms with Crippen molar-refractivity contribution in [3.05, 3.63) is 64.5 Å². The summed E-state index contributed by atoms with van der Waals surface area (Å²) < 4.78 is 12.3. The second-order valence-electron chi connectivity index (χ2n) is 5.50. The quantitative estimate of drug-likeness (QED) is 0.617. The Morgan fingerprint density at radius 2 is 1.91 bits per heavy atom. The van der Waals surface area contributed by atoms with E-state index in [1.807, 2.05) is 42.5 Å². The fourth-order valence-corrected chi connectivity index (χ4v) is 2.62. The summed E-state index contributed by atoms with van der Waals surface area (Å²) in [5, 5.41) is 8.12. The van der Waals surface area contributed by atoms with Crippen molar-refractivity contribution in [2.24, 2.45) is 0 Å². The zero-order valence-electron chi connectivity index (χ0n) is 13.0. The Morgan fingerprint density at radius 3 is 2.70 bits per heavy atom. The second-order valence-corrected chi connectivity index (χ2v) is 6.35. The van der Waals surface area contributed by atoms with Crippen LogP contribution in [0.4, 0.5) is 0 Å². The van der Waals surface area contributed by atoms with E-state index in [2.05, 4.69) is 46.0 Å². The summed E-state index contributed by atoms with van der Waals surface area (Å²) in [6.07, 6.45) is 0. The molecule has 0 aliphatic rings. The molecule has 0 amide bonds. The summed E-state index contributed by atoms with van der Waals surface area (Å²) in [6, 6.07) is 15.8. The van der Waals surface area contributed by atoms with Gasteiger partial charge in [0.15, 0.2) is 6.61 Å². The summed E-state index contributed by atoms with van der Waals surface area (Å²) in [4.78, 5) is 0. The first-order valence-electron chi connectivity index (χ1n) is 7.43. The molecule has 4 nitrogen and oxygen atoms in total. The van der Waals surface area contributed by atoms with Crippen molar-refractivity contribution < 1.29 is 9.15 Å². The van der Waals surface area contributed by atoms with Crippen LogP contribution >= 0.6 is 15.9 Å². The molecule has 0 spiro atoms. The molecule has 0 unspecified atom stereocenters. The predicted molar refractivity (Wildman–Crippen MR) is 92.3 cm³/mol. The standard InChI is InChI=1S/C18H17BrN2O2/c1-12(2)13-6-5-7-14(10-13)22-11-17-20-21-18(23-17)15-8-3-4-9-16(15)19/h3-10,12H,11H2,1-2H3. The average molecular weight is 373 g/mol. The van der Waals surface area contributed by atoms with Crippen molar-refractivity contribution in [1.29, 1.82) is 0 Å². The van der Waals surface area contributed by atoms with Crippen molar-refractivity contribution >= 4 is 15.9 Å². The number of halogens is 1. The third-order valence-electron chi connectivity index (χ3n) is 3.46. The van der Waals surface area contributed by atoms with Gasteiger partial charge in [-0.25, -0.2) is 0 Å². The number of hydrogen-bond donors (Lipinski definition) is 0. The summed E-state index contributed by atoms with van der Waals surface area (Å²) in [7, 11) is 0. The van der Waals surface area contributed by atoms with E-state index in [4.69, 9.17) is 9.15 Å². The fraction of sp³-hybridized carbons (Fsp3) is 0.222. The van der Waals surface area contributed by atoms with E-state index in [1.165, 1.54) is 5.56 Å². The summed E-state index contributed by atoms with van der Waals surface area (Å²) in [6.45, 7) is 4.56. The molecule has 1 aromatic heterocycles. The van der Waals surface area contributed by atoms with Gasteiger partial charge in [0.25, 0.3) is 5.89 Å². The van der Waals surface area contributed by atoms with Crippen molar-refractivity contribution in [1.82, 2.24) is 10.2 Å². The van der Waals surface area contributed by atoms with Gasteiger partial charge in [-0.15, -0.1) is 10.2 Å². The van der Waals surface area contributed by atoms with E-state index in [-0.39, 0.29) is 6.61 Å². The molecule has 0 aliphatic heterocycles. The number of aromatic nitrogens is 2. The highest BCUT2D eigenvalue weighted by Crippen LogP contribution is 2.27. The Hall–Kier alpha value is -2.14. The molecule has 0 N–H and O–H groups in total. The average Bonchev–Trinajstić information content (AvgIpc) is 3.02. The SMILES string of the molecule is CC(C)c1cccc(OCc2nnc(-c3ccccc3Br)o2)c1. The smallest absolute Gasteiger partial charge is 0.254 e. The van der Waals surface area contributed by atoms with Crippen LogP contribution in [0.3, 0.4) is 0 Å². The first-order valence-corrected chi connectivity index (χ1v) is 8.23. The van der Waals surface area contributed by atoms with E-state index in [0.717, 1.165) is 15.8 Å². The van der Waals surface area contributed by atoms with Gasteiger partial charge in [-0.2, -0.15) is 0 Å². The highest BCUT2D eigenvalue weighted by Gasteiger charge is 2.11. The Morgan fingerprint density at radius 1 is 1.09 bits per heavy atom. The minimum absolute atomic E-state index is 0.249. The molecule has 0 saturated carbocycles. The molecular weight excluding hydrogens is 356 g/mol. The monoisotopic (exact) mass is 372 g/mol. The van der Waals surface area contributed by atoms with Gasteiger partial charge in [-0.05, 0) is 51.7 Å². The van der Waals surface area contributed by atoms with Gasteiger partial charge in [0.05, 0.1) is 5.56 Å². The fourth-order valence-electron chi connectivity index (χ4n) is 2.16. The Balaban J connectivity index is 1.70. The predicted octanol–water partition coefficient (Wildman–Crippen LogP) is 5.20. The van der Waals surface area contributed by atoms with Crippen LogP contribution in [0.1, 0.15) is 31.2 Å². The largest absolute Gasteiger partial charge is 0.484 e. The molecule has 3 aromatic rings. The van der Waals surface area contributed by atoms with Crippen molar-refractivity contribution in [2.45, 2.75) is 26.4 Å². The lowest BCUT2D eigenvalue weighted by Gasteiger charge is -2.08. The molecule has 0 saturated heterocycles. The minimum atomic E-state index is 0.249. The molecule has 5 heteroatoms. The van der Waals surface area contributed by atoms with Gasteiger partial charge in [0, 0.05) is 4.47 Å². The normalized spacial score (nSPS) is 11.0. The van der Waals surface area contributed by atoms with E-state index < -0.39 is 0 Å². The lowest BCUT2D eigenvalue weighted by atomic mass is 10.0. The summed E-state index contributed by atoms with van der Waals surface area (Å²) in [5.41, 5.74) is 2.11. The van der Waals surface area contributed by atoms with E-state index in [0.29, 0.717) is 17.7 Å². The molecule has 0 bridgehead atoms. The van der Waals surface area contributed by atoms with Crippen LogP contribution in [0.25, 0.3) is 11.5 Å². The topological polar surface area (TPSA) is 48.2 Å². The molecule has 0 radical (unpaired) electrons. The first-order chi connectivity index (χ1) is 11.1. The van der Waals surface area contributed by atoms with E-state index in [9.17, 15) is 0 Å². The van der Waals surface area contributed by atoms with Crippen molar-refractivity contribution in [2.75, 3.05) is 0 Å². The van der Waals surface area contributed by atoms with Crippen LogP contribution in [0.15, 0.2) is 57.4 Å². The number of benzene rings is 2. The Kier molecular flexibility index (Phi) is 4.76. The number of ether oxygens (including phenoxy) is 1. The van der Waals surface area contributed by atoms with Crippen LogP contribution in [0.5, 0.6) is 5.75 Å². The highest BCUT2D eigenvalue weighted by atomic mass is 79.9. The van der Waals surface area contributed by atoms with Gasteiger partial charge in [0.2, 0.25) is 5.89 Å². The molecule has 2 aromatic carbocycles. The van der Waals surface area contributed by atoms with Gasteiger partial charge in [0.1, 0.15) is 5.75 Å². The Bertz CT molecular complexity index is 799. The molecule has 0 fully saturated rings. The van der Waals surface area contributed by atoms with E-state index >= 15 is 0 Å². The molecule has 0 aliphatic carbocycles. The zero-order chi connectivity index (χ0) is 16.2. The highest BCUT2D eigenvalue weighted by molar-refractivity contribution is 9.10.